The Morgan fingerprint density at radius 1 is 1.04 bits per heavy atom. The first-order chi connectivity index (χ1) is 11.1. The molecule has 130 valence electrons. The van der Waals surface area contributed by atoms with E-state index in [9.17, 15) is 31.1 Å². The predicted molar refractivity (Wildman–Crippen MR) is 73.3 cm³/mol. The summed E-state index contributed by atoms with van der Waals surface area (Å²) in [5.74, 6) is -0.0963. The van der Waals surface area contributed by atoms with Crippen molar-refractivity contribution in [2.75, 3.05) is 24.6 Å². The Morgan fingerprint density at radius 3 is 2.38 bits per heavy atom. The minimum absolute atomic E-state index is 0.0402. The van der Waals surface area contributed by atoms with Crippen LogP contribution < -0.4 is 15.2 Å². The molecule has 24 heavy (non-hydrogen) atoms. The molecule has 0 aliphatic carbocycles. The monoisotopic (exact) mass is 352 g/mol. The van der Waals surface area contributed by atoms with Crippen LogP contribution in [-0.4, -0.2) is 30.4 Å². The van der Waals surface area contributed by atoms with Gasteiger partial charge in [0.25, 0.3) is 5.56 Å². The molecule has 0 radical (unpaired) electrons. The molecular weight excluding hydrogens is 342 g/mol. The molecule has 0 spiro atoms. The van der Waals surface area contributed by atoms with Crippen LogP contribution in [0.4, 0.5) is 32.0 Å². The molecule has 0 unspecified atom stereocenters. The predicted octanol–water partition coefficient (Wildman–Crippen LogP) is 3.24. The smallest absolute Gasteiger partial charge is 0.489 e. The van der Waals surface area contributed by atoms with Crippen molar-refractivity contribution >= 4 is 16.6 Å². The second kappa shape index (κ2) is 5.32. The first-order valence-electron chi connectivity index (χ1n) is 6.78. The van der Waals surface area contributed by atoms with Gasteiger partial charge in [-0.1, -0.05) is 0 Å². The first-order valence-corrected chi connectivity index (χ1v) is 6.78. The van der Waals surface area contributed by atoms with Gasteiger partial charge in [0.05, 0.1) is 17.7 Å². The molecule has 4 nitrogen and oxygen atoms in total. The first kappa shape index (κ1) is 16.5. The topological polar surface area (TPSA) is 34.5 Å². The second-order valence-corrected chi connectivity index (χ2v) is 5.21. The summed E-state index contributed by atoms with van der Waals surface area (Å²) in [6, 6.07) is 3.91. The molecule has 2 heterocycles. The molecule has 0 atom stereocenters. The highest BCUT2D eigenvalue weighted by Crippen LogP contribution is 2.40. The fourth-order valence-electron chi connectivity index (χ4n) is 2.70. The Morgan fingerprint density at radius 2 is 1.75 bits per heavy atom. The number of halogens is 6. The Labute approximate surface area is 130 Å². The maximum Gasteiger partial charge on any atom is 0.491 e. The van der Waals surface area contributed by atoms with Crippen LogP contribution in [0, 0.1) is 0 Å². The number of nitrogens with zero attached hydrogens (tertiary/aromatic N) is 2. The number of anilines is 1. The summed E-state index contributed by atoms with van der Waals surface area (Å²) < 4.78 is 82.1. The minimum Gasteiger partial charge on any atom is -0.489 e. The Hall–Kier alpha value is -2.39. The summed E-state index contributed by atoms with van der Waals surface area (Å²) in [4.78, 5) is 12.5. The molecule has 0 fully saturated rings. The highest BCUT2D eigenvalue weighted by atomic mass is 19.4. The maximum atomic E-state index is 13.1. The average Bonchev–Trinajstić information content (AvgIpc) is 2.43. The van der Waals surface area contributed by atoms with E-state index in [-0.39, 0.29) is 34.5 Å². The zero-order valence-electron chi connectivity index (χ0n) is 11.9. The van der Waals surface area contributed by atoms with E-state index in [1.807, 2.05) is 0 Å². The fraction of sp³-hybridized carbons (Fsp3) is 0.357. The van der Waals surface area contributed by atoms with E-state index in [0.29, 0.717) is 6.07 Å². The number of pyridine rings is 1. The van der Waals surface area contributed by atoms with Crippen molar-refractivity contribution in [3.05, 3.63) is 34.6 Å². The van der Waals surface area contributed by atoms with Gasteiger partial charge in [-0.25, -0.2) is 4.57 Å². The van der Waals surface area contributed by atoms with Crippen LogP contribution >= 0.6 is 0 Å². The van der Waals surface area contributed by atoms with Gasteiger partial charge in [0.1, 0.15) is 13.2 Å². The van der Waals surface area contributed by atoms with Crippen molar-refractivity contribution in [1.29, 1.82) is 0 Å². The van der Waals surface area contributed by atoms with Gasteiger partial charge in [-0.2, -0.15) is 13.2 Å². The van der Waals surface area contributed by atoms with Gasteiger partial charge in [0, 0.05) is 11.5 Å². The Balaban J connectivity index is 2.21. The molecule has 10 heteroatoms. The lowest BCUT2D eigenvalue weighted by Crippen LogP contribution is -2.40. The number of ether oxygens (including phenoxy) is 1. The van der Waals surface area contributed by atoms with Gasteiger partial charge in [0.2, 0.25) is 0 Å². The number of aromatic nitrogens is 1. The van der Waals surface area contributed by atoms with E-state index in [4.69, 9.17) is 4.74 Å². The van der Waals surface area contributed by atoms with Crippen molar-refractivity contribution in [3.63, 3.8) is 0 Å². The van der Waals surface area contributed by atoms with E-state index in [2.05, 4.69) is 0 Å². The molecule has 0 saturated heterocycles. The van der Waals surface area contributed by atoms with Crippen molar-refractivity contribution < 1.29 is 31.1 Å². The SMILES string of the molecule is O=c1ccc2c3c(ccc2n1C(F)(F)F)N(CC(F)(F)F)CCO3. The van der Waals surface area contributed by atoms with E-state index in [0.717, 1.165) is 23.1 Å². The van der Waals surface area contributed by atoms with Crippen molar-refractivity contribution in [3.8, 4) is 5.75 Å². The van der Waals surface area contributed by atoms with Crippen LogP contribution in [0.2, 0.25) is 0 Å². The molecule has 1 aromatic carbocycles. The summed E-state index contributed by atoms with van der Waals surface area (Å²) in [6.45, 7) is -1.39. The van der Waals surface area contributed by atoms with Crippen LogP contribution in [0.15, 0.2) is 29.1 Å². The van der Waals surface area contributed by atoms with E-state index in [1.165, 1.54) is 0 Å². The normalized spacial score (nSPS) is 15.3. The molecular formula is C14H10F6N2O2. The number of alkyl halides is 6. The van der Waals surface area contributed by atoms with Crippen LogP contribution in [0.25, 0.3) is 10.9 Å². The lowest BCUT2D eigenvalue weighted by Gasteiger charge is -2.32. The van der Waals surface area contributed by atoms with Crippen molar-refractivity contribution in [2.24, 2.45) is 0 Å². The van der Waals surface area contributed by atoms with Gasteiger partial charge in [0.15, 0.2) is 5.75 Å². The minimum atomic E-state index is -4.95. The zero-order valence-corrected chi connectivity index (χ0v) is 11.9. The molecule has 1 aliphatic heterocycles. The number of rotatable bonds is 1. The highest BCUT2D eigenvalue weighted by Gasteiger charge is 2.36. The van der Waals surface area contributed by atoms with Gasteiger partial charge in [-0.3, -0.25) is 4.79 Å². The zero-order chi connectivity index (χ0) is 17.7. The highest BCUT2D eigenvalue weighted by molar-refractivity contribution is 5.92. The average molecular weight is 352 g/mol. The standard InChI is InChI=1S/C14H10F6N2O2/c15-13(16,17)7-21-5-6-24-12-8-1-4-11(23)22(14(18,19)20)9(8)2-3-10(12)21/h1-4H,5-7H2. The van der Waals surface area contributed by atoms with Gasteiger partial charge >= 0.3 is 12.5 Å². The lowest BCUT2D eigenvalue weighted by molar-refractivity contribution is -0.202. The third-order valence-corrected chi connectivity index (χ3v) is 3.58. The lowest BCUT2D eigenvalue weighted by atomic mass is 10.1. The Bertz CT molecular complexity index is 840. The fourth-order valence-corrected chi connectivity index (χ4v) is 2.70. The summed E-state index contributed by atoms with van der Waals surface area (Å²) >= 11 is 0. The van der Waals surface area contributed by atoms with Gasteiger partial charge in [-0.05, 0) is 18.2 Å². The summed E-state index contributed by atoms with van der Waals surface area (Å²) in [7, 11) is 0. The molecule has 0 amide bonds. The molecule has 1 aromatic heterocycles. The molecule has 0 N–H and O–H groups in total. The van der Waals surface area contributed by atoms with Crippen molar-refractivity contribution in [2.45, 2.75) is 12.5 Å². The molecule has 1 aliphatic rings. The van der Waals surface area contributed by atoms with Gasteiger partial charge in [-0.15, -0.1) is 13.2 Å². The number of fused-ring (bicyclic) bond motifs is 3. The third kappa shape index (κ3) is 2.87. The largest absolute Gasteiger partial charge is 0.491 e. The third-order valence-electron chi connectivity index (χ3n) is 3.58. The summed E-state index contributed by atoms with van der Waals surface area (Å²) in [6.07, 6.45) is -9.42. The summed E-state index contributed by atoms with van der Waals surface area (Å²) in [5.41, 5.74) is -1.71. The molecule has 3 rings (SSSR count). The summed E-state index contributed by atoms with van der Waals surface area (Å²) in [5, 5.41) is -0.0729. The van der Waals surface area contributed by atoms with Crippen LogP contribution in [-0.2, 0) is 6.30 Å². The number of hydrogen-bond acceptors (Lipinski definition) is 3. The number of hydrogen-bond donors (Lipinski definition) is 0. The second-order valence-electron chi connectivity index (χ2n) is 5.21. The van der Waals surface area contributed by atoms with Crippen LogP contribution in [0.3, 0.4) is 0 Å². The quantitative estimate of drug-likeness (QED) is 0.739. The van der Waals surface area contributed by atoms with Crippen molar-refractivity contribution in [1.82, 2.24) is 4.57 Å². The van der Waals surface area contributed by atoms with Crippen LogP contribution in [0.1, 0.15) is 0 Å². The van der Waals surface area contributed by atoms with E-state index < -0.39 is 30.1 Å². The maximum absolute atomic E-state index is 13.1. The van der Waals surface area contributed by atoms with E-state index in [1.54, 1.807) is 0 Å². The molecule has 2 aromatic rings. The Kier molecular flexibility index (Phi) is 3.65. The number of benzene rings is 1. The van der Waals surface area contributed by atoms with E-state index >= 15 is 0 Å². The van der Waals surface area contributed by atoms with Gasteiger partial charge < -0.3 is 9.64 Å². The molecule has 0 bridgehead atoms. The molecule has 0 saturated carbocycles. The van der Waals surface area contributed by atoms with Crippen LogP contribution in [0.5, 0.6) is 5.75 Å².